The van der Waals surface area contributed by atoms with Crippen LogP contribution in [0.25, 0.3) is 0 Å². The summed E-state index contributed by atoms with van der Waals surface area (Å²) in [7, 11) is 1.50. The molecule has 0 aliphatic carbocycles. The van der Waals surface area contributed by atoms with Gasteiger partial charge in [0.2, 0.25) is 0 Å². The van der Waals surface area contributed by atoms with E-state index in [0.717, 1.165) is 0 Å². The number of ketones is 1. The number of methoxy groups -OCH3 is 1. The molecule has 16 heavy (non-hydrogen) atoms. The number of hydrogen-bond acceptors (Lipinski definition) is 3. The molecular formula is C12H14ClNO2. The summed E-state index contributed by atoms with van der Waals surface area (Å²) in [6.07, 6.45) is 2.07. The normalized spacial score (nSPS) is 11.9. The molecule has 1 aromatic rings. The van der Waals surface area contributed by atoms with Gasteiger partial charge in [-0.05, 0) is 24.6 Å². The minimum Gasteiger partial charge on any atom is -0.495 e. The molecule has 1 atom stereocenters. The van der Waals surface area contributed by atoms with Crippen LogP contribution in [-0.2, 0) is 0 Å². The first-order valence-corrected chi connectivity index (χ1v) is 5.22. The number of carbonyl (C=O) groups is 1. The van der Waals surface area contributed by atoms with Gasteiger partial charge in [-0.2, -0.15) is 0 Å². The lowest BCUT2D eigenvalue weighted by Crippen LogP contribution is -2.29. The third kappa shape index (κ3) is 2.84. The summed E-state index contributed by atoms with van der Waals surface area (Å²) in [5, 5.41) is 0.469. The molecule has 86 valence electrons. The Labute approximate surface area is 99.8 Å². The maximum atomic E-state index is 11.8. The summed E-state index contributed by atoms with van der Waals surface area (Å²) < 4.78 is 5.03. The van der Waals surface area contributed by atoms with E-state index in [1.165, 1.54) is 7.11 Å². The summed E-state index contributed by atoms with van der Waals surface area (Å²) in [4.78, 5) is 11.8. The Morgan fingerprint density at radius 3 is 2.94 bits per heavy atom. The summed E-state index contributed by atoms with van der Waals surface area (Å²) >= 11 is 5.86. The quantitative estimate of drug-likeness (QED) is 0.634. The van der Waals surface area contributed by atoms with E-state index in [4.69, 9.17) is 22.1 Å². The fraction of sp³-hybridized carbons (Fsp3) is 0.250. The fourth-order valence-corrected chi connectivity index (χ4v) is 1.51. The van der Waals surface area contributed by atoms with Gasteiger partial charge in [0.1, 0.15) is 5.75 Å². The second-order valence-corrected chi connectivity index (χ2v) is 3.75. The molecule has 0 bridgehead atoms. The summed E-state index contributed by atoms with van der Waals surface area (Å²) in [5.41, 5.74) is 6.19. The monoisotopic (exact) mass is 239 g/mol. The van der Waals surface area contributed by atoms with Crippen LogP contribution >= 0.6 is 11.6 Å². The summed E-state index contributed by atoms with van der Waals surface area (Å²) in [6.45, 7) is 3.55. The highest BCUT2D eigenvalue weighted by Gasteiger charge is 2.15. The highest BCUT2D eigenvalue weighted by molar-refractivity contribution is 6.32. The van der Waals surface area contributed by atoms with Crippen molar-refractivity contribution in [3.63, 3.8) is 0 Å². The number of benzene rings is 1. The number of hydrogen-bond donors (Lipinski definition) is 1. The molecule has 1 unspecified atom stereocenters. The first kappa shape index (κ1) is 12.7. The van der Waals surface area contributed by atoms with E-state index in [9.17, 15) is 4.79 Å². The molecule has 0 fully saturated rings. The second kappa shape index (κ2) is 5.68. The molecule has 4 heteroatoms. The lowest BCUT2D eigenvalue weighted by molar-refractivity contribution is 0.0961. The van der Waals surface area contributed by atoms with Crippen molar-refractivity contribution >= 4 is 17.4 Å². The van der Waals surface area contributed by atoms with Gasteiger partial charge >= 0.3 is 0 Å². The Kier molecular flexibility index (Phi) is 4.52. The Bertz CT molecular complexity index is 404. The number of nitrogens with two attached hydrogens (primary N) is 1. The van der Waals surface area contributed by atoms with E-state index in [0.29, 0.717) is 22.8 Å². The van der Waals surface area contributed by atoms with Gasteiger partial charge in [0.25, 0.3) is 0 Å². The van der Waals surface area contributed by atoms with Gasteiger partial charge in [-0.3, -0.25) is 4.79 Å². The molecule has 0 heterocycles. The molecular weight excluding hydrogens is 226 g/mol. The van der Waals surface area contributed by atoms with Crippen LogP contribution in [-0.4, -0.2) is 18.9 Å². The van der Waals surface area contributed by atoms with Gasteiger partial charge in [0, 0.05) is 5.56 Å². The van der Waals surface area contributed by atoms with E-state index in [-0.39, 0.29) is 5.78 Å². The molecule has 0 radical (unpaired) electrons. The maximum absolute atomic E-state index is 11.8. The average molecular weight is 240 g/mol. The van der Waals surface area contributed by atoms with Crippen molar-refractivity contribution < 1.29 is 9.53 Å². The van der Waals surface area contributed by atoms with Gasteiger partial charge < -0.3 is 10.5 Å². The van der Waals surface area contributed by atoms with Crippen molar-refractivity contribution in [1.82, 2.24) is 0 Å². The Balaban J connectivity index is 2.96. The van der Waals surface area contributed by atoms with Crippen LogP contribution in [0.4, 0.5) is 0 Å². The topological polar surface area (TPSA) is 52.3 Å². The molecule has 0 aliphatic heterocycles. The van der Waals surface area contributed by atoms with Gasteiger partial charge in [-0.15, -0.1) is 6.58 Å². The van der Waals surface area contributed by atoms with Gasteiger partial charge in [-0.25, -0.2) is 0 Å². The van der Waals surface area contributed by atoms with Gasteiger partial charge in [-0.1, -0.05) is 17.7 Å². The molecule has 3 nitrogen and oxygen atoms in total. The minimum atomic E-state index is -0.566. The zero-order valence-electron chi connectivity index (χ0n) is 9.07. The van der Waals surface area contributed by atoms with Gasteiger partial charge in [0.15, 0.2) is 5.78 Å². The second-order valence-electron chi connectivity index (χ2n) is 3.34. The van der Waals surface area contributed by atoms with Crippen molar-refractivity contribution in [3.8, 4) is 5.75 Å². The van der Waals surface area contributed by atoms with Crippen LogP contribution in [0.3, 0.4) is 0 Å². The number of rotatable bonds is 5. The standard InChI is InChI=1S/C12H14ClNO2/c1-3-4-10(14)12(15)8-5-6-9(13)11(7-8)16-2/h3,5-7,10H,1,4,14H2,2H3. The van der Waals surface area contributed by atoms with Crippen LogP contribution in [0.2, 0.25) is 5.02 Å². The highest BCUT2D eigenvalue weighted by atomic mass is 35.5. The van der Waals surface area contributed by atoms with Crippen LogP contribution < -0.4 is 10.5 Å². The van der Waals surface area contributed by atoms with Crippen LogP contribution in [0.15, 0.2) is 30.9 Å². The van der Waals surface area contributed by atoms with E-state index >= 15 is 0 Å². The summed E-state index contributed by atoms with van der Waals surface area (Å²) in [5.74, 6) is 0.327. The van der Waals surface area contributed by atoms with Crippen molar-refractivity contribution in [2.75, 3.05) is 7.11 Å². The van der Waals surface area contributed by atoms with Gasteiger partial charge in [0.05, 0.1) is 18.2 Å². The van der Waals surface area contributed by atoms with Crippen LogP contribution in [0.5, 0.6) is 5.75 Å². The third-order valence-corrected chi connectivity index (χ3v) is 2.51. The molecule has 1 aromatic carbocycles. The number of carbonyl (C=O) groups excluding carboxylic acids is 1. The average Bonchev–Trinajstić information content (AvgIpc) is 2.29. The lowest BCUT2D eigenvalue weighted by atomic mass is 10.0. The fourth-order valence-electron chi connectivity index (χ4n) is 1.31. The molecule has 0 saturated carbocycles. The van der Waals surface area contributed by atoms with Crippen molar-refractivity contribution in [3.05, 3.63) is 41.4 Å². The van der Waals surface area contributed by atoms with Crippen LogP contribution in [0, 0.1) is 0 Å². The van der Waals surface area contributed by atoms with E-state index < -0.39 is 6.04 Å². The van der Waals surface area contributed by atoms with Crippen molar-refractivity contribution in [2.24, 2.45) is 5.73 Å². The molecule has 0 aromatic heterocycles. The maximum Gasteiger partial charge on any atom is 0.179 e. The molecule has 0 amide bonds. The third-order valence-electron chi connectivity index (χ3n) is 2.19. The first-order chi connectivity index (χ1) is 7.60. The molecule has 2 N–H and O–H groups in total. The highest BCUT2D eigenvalue weighted by Crippen LogP contribution is 2.25. The number of ether oxygens (including phenoxy) is 1. The molecule has 0 saturated heterocycles. The van der Waals surface area contributed by atoms with E-state index in [1.807, 2.05) is 0 Å². The number of halogens is 1. The Morgan fingerprint density at radius 1 is 1.69 bits per heavy atom. The van der Waals surface area contributed by atoms with Crippen molar-refractivity contribution in [2.45, 2.75) is 12.5 Å². The first-order valence-electron chi connectivity index (χ1n) is 4.84. The Hall–Kier alpha value is -1.32. The van der Waals surface area contributed by atoms with E-state index in [2.05, 4.69) is 6.58 Å². The Morgan fingerprint density at radius 2 is 2.38 bits per heavy atom. The van der Waals surface area contributed by atoms with E-state index in [1.54, 1.807) is 24.3 Å². The molecule has 0 aliphatic rings. The van der Waals surface area contributed by atoms with Crippen molar-refractivity contribution in [1.29, 1.82) is 0 Å². The number of Topliss-reactive ketones (excluding diaryl/α,β-unsaturated/α-hetero) is 1. The smallest absolute Gasteiger partial charge is 0.179 e. The minimum absolute atomic E-state index is 0.144. The predicted molar refractivity (Wildman–Crippen MR) is 65.1 cm³/mol. The lowest BCUT2D eigenvalue weighted by Gasteiger charge is -2.09. The largest absolute Gasteiger partial charge is 0.495 e. The zero-order valence-corrected chi connectivity index (χ0v) is 9.83. The van der Waals surface area contributed by atoms with Crippen LogP contribution in [0.1, 0.15) is 16.8 Å². The predicted octanol–water partition coefficient (Wildman–Crippen LogP) is 2.43. The molecule has 0 spiro atoms. The summed E-state index contributed by atoms with van der Waals surface area (Å²) in [6, 6.07) is 4.28. The zero-order chi connectivity index (χ0) is 12.1. The SMILES string of the molecule is C=CCC(N)C(=O)c1ccc(Cl)c(OC)c1. The molecule has 1 rings (SSSR count).